The van der Waals surface area contributed by atoms with Gasteiger partial charge in [0.15, 0.2) is 0 Å². The summed E-state index contributed by atoms with van der Waals surface area (Å²) >= 11 is 3.49. The van der Waals surface area contributed by atoms with Crippen molar-refractivity contribution in [2.45, 2.75) is 45.6 Å². The molecular formula is C18H26BrNO3. The Labute approximate surface area is 147 Å². The molecular weight excluding hydrogens is 358 g/mol. The van der Waals surface area contributed by atoms with Crippen LogP contribution in [0.15, 0.2) is 22.7 Å². The van der Waals surface area contributed by atoms with E-state index in [1.807, 2.05) is 12.1 Å². The van der Waals surface area contributed by atoms with E-state index in [1.54, 1.807) is 0 Å². The normalized spacial score (nSPS) is 22.0. The number of carboxylic acids is 1. The summed E-state index contributed by atoms with van der Waals surface area (Å²) in [5, 5.41) is 8.91. The number of carboxylic acid groups (broad SMARTS) is 1. The van der Waals surface area contributed by atoms with Gasteiger partial charge in [0.25, 0.3) is 0 Å². The third-order valence-electron chi connectivity index (χ3n) is 4.62. The monoisotopic (exact) mass is 383 g/mol. The van der Waals surface area contributed by atoms with Crippen molar-refractivity contribution in [1.82, 2.24) is 4.90 Å². The first-order chi connectivity index (χ1) is 11.0. The minimum absolute atomic E-state index is 0.167. The molecule has 1 aliphatic rings. The molecule has 0 aromatic heterocycles. The Balaban J connectivity index is 1.67. The molecule has 0 radical (unpaired) electrons. The van der Waals surface area contributed by atoms with E-state index in [0.717, 1.165) is 49.1 Å². The lowest BCUT2D eigenvalue weighted by molar-refractivity contribution is -0.139. The van der Waals surface area contributed by atoms with Gasteiger partial charge in [0.2, 0.25) is 0 Å². The number of halogens is 1. The first kappa shape index (κ1) is 18.3. The third kappa shape index (κ3) is 5.81. The number of aryl methyl sites for hydroxylation is 1. The maximum absolute atomic E-state index is 10.8. The van der Waals surface area contributed by atoms with E-state index in [4.69, 9.17) is 9.84 Å². The summed E-state index contributed by atoms with van der Waals surface area (Å²) in [4.78, 5) is 12.9. The van der Waals surface area contributed by atoms with Gasteiger partial charge in [-0.25, -0.2) is 0 Å². The minimum atomic E-state index is -0.728. The maximum Gasteiger partial charge on any atom is 0.317 e. The SMILES string of the molecule is Cc1cc(OCCC[C@H]2CCN(CC(=O)O)[C@H](C)C2)ccc1Br. The van der Waals surface area contributed by atoms with Crippen LogP contribution in [0.1, 0.15) is 38.2 Å². The van der Waals surface area contributed by atoms with Crippen LogP contribution in [0.4, 0.5) is 0 Å². The van der Waals surface area contributed by atoms with Crippen LogP contribution in [0.2, 0.25) is 0 Å². The summed E-state index contributed by atoms with van der Waals surface area (Å²) in [6.45, 7) is 6.00. The van der Waals surface area contributed by atoms with Crippen molar-refractivity contribution in [2.24, 2.45) is 5.92 Å². The molecule has 0 unspecified atom stereocenters. The molecule has 0 amide bonds. The summed E-state index contributed by atoms with van der Waals surface area (Å²) in [5.74, 6) is 0.883. The van der Waals surface area contributed by atoms with Crippen LogP contribution in [0.3, 0.4) is 0 Å². The number of benzene rings is 1. The fraction of sp³-hybridized carbons (Fsp3) is 0.611. The zero-order valence-corrected chi connectivity index (χ0v) is 15.5. The molecule has 1 saturated heterocycles. The Bertz CT molecular complexity index is 535. The van der Waals surface area contributed by atoms with Crippen molar-refractivity contribution in [3.8, 4) is 5.75 Å². The zero-order chi connectivity index (χ0) is 16.8. The average molecular weight is 384 g/mol. The molecule has 1 aromatic carbocycles. The van der Waals surface area contributed by atoms with Crippen molar-refractivity contribution < 1.29 is 14.6 Å². The fourth-order valence-corrected chi connectivity index (χ4v) is 3.50. The van der Waals surface area contributed by atoms with Gasteiger partial charge in [0, 0.05) is 10.5 Å². The van der Waals surface area contributed by atoms with Crippen molar-refractivity contribution in [3.63, 3.8) is 0 Å². The number of likely N-dealkylation sites (tertiary alicyclic amines) is 1. The molecule has 2 atom stereocenters. The molecule has 0 saturated carbocycles. The van der Waals surface area contributed by atoms with Crippen molar-refractivity contribution in [2.75, 3.05) is 19.7 Å². The molecule has 1 N–H and O–H groups in total. The second-order valence-corrected chi connectivity index (χ2v) is 7.36. The minimum Gasteiger partial charge on any atom is -0.494 e. The lowest BCUT2D eigenvalue weighted by Crippen LogP contribution is -2.43. The number of rotatable bonds is 7. The third-order valence-corrected chi connectivity index (χ3v) is 5.51. The van der Waals surface area contributed by atoms with E-state index in [-0.39, 0.29) is 6.54 Å². The molecule has 5 heteroatoms. The molecule has 23 heavy (non-hydrogen) atoms. The van der Waals surface area contributed by atoms with Crippen molar-refractivity contribution in [1.29, 1.82) is 0 Å². The number of nitrogens with zero attached hydrogens (tertiary/aromatic N) is 1. The van der Waals surface area contributed by atoms with Crippen LogP contribution in [-0.2, 0) is 4.79 Å². The van der Waals surface area contributed by atoms with E-state index >= 15 is 0 Å². The Hall–Kier alpha value is -1.07. The van der Waals surface area contributed by atoms with Gasteiger partial charge in [-0.3, -0.25) is 9.69 Å². The second kappa shape index (κ2) is 8.69. The van der Waals surface area contributed by atoms with Crippen molar-refractivity contribution >= 4 is 21.9 Å². The molecule has 2 rings (SSSR count). The first-order valence-electron chi connectivity index (χ1n) is 8.30. The predicted octanol–water partition coefficient (Wildman–Crippen LogP) is 4.10. The maximum atomic E-state index is 10.8. The van der Waals surface area contributed by atoms with Crippen LogP contribution < -0.4 is 4.74 Å². The van der Waals surface area contributed by atoms with Gasteiger partial charge in [0.05, 0.1) is 13.2 Å². The summed E-state index contributed by atoms with van der Waals surface area (Å²) in [6.07, 6.45) is 4.38. The number of hydrogen-bond acceptors (Lipinski definition) is 3. The molecule has 1 heterocycles. The number of hydrogen-bond donors (Lipinski definition) is 1. The molecule has 0 spiro atoms. The smallest absolute Gasteiger partial charge is 0.317 e. The van der Waals surface area contributed by atoms with E-state index < -0.39 is 5.97 Å². The van der Waals surface area contributed by atoms with E-state index in [2.05, 4.69) is 40.7 Å². The summed E-state index contributed by atoms with van der Waals surface area (Å²) in [6, 6.07) is 6.42. The van der Waals surface area contributed by atoms with Crippen LogP contribution in [-0.4, -0.2) is 41.7 Å². The Morgan fingerprint density at radius 1 is 1.48 bits per heavy atom. The Morgan fingerprint density at radius 3 is 2.91 bits per heavy atom. The number of ether oxygens (including phenoxy) is 1. The Kier molecular flexibility index (Phi) is 6.90. The van der Waals surface area contributed by atoms with Gasteiger partial charge >= 0.3 is 5.97 Å². The summed E-state index contributed by atoms with van der Waals surface area (Å²) < 4.78 is 6.93. The predicted molar refractivity (Wildman–Crippen MR) is 95.0 cm³/mol. The largest absolute Gasteiger partial charge is 0.494 e. The van der Waals surface area contributed by atoms with Gasteiger partial charge in [0.1, 0.15) is 5.75 Å². The highest BCUT2D eigenvalue weighted by Gasteiger charge is 2.26. The van der Waals surface area contributed by atoms with Gasteiger partial charge in [-0.1, -0.05) is 15.9 Å². The van der Waals surface area contributed by atoms with Gasteiger partial charge in [-0.15, -0.1) is 0 Å². The topological polar surface area (TPSA) is 49.8 Å². The lowest BCUT2D eigenvalue weighted by atomic mass is 9.88. The van der Waals surface area contributed by atoms with Gasteiger partial charge < -0.3 is 9.84 Å². The van der Waals surface area contributed by atoms with E-state index in [1.165, 1.54) is 5.56 Å². The lowest BCUT2D eigenvalue weighted by Gasteiger charge is -2.36. The van der Waals surface area contributed by atoms with Gasteiger partial charge in [-0.05, 0) is 75.8 Å². The highest BCUT2D eigenvalue weighted by molar-refractivity contribution is 9.10. The highest BCUT2D eigenvalue weighted by atomic mass is 79.9. The molecule has 0 bridgehead atoms. The molecule has 1 aliphatic heterocycles. The first-order valence-corrected chi connectivity index (χ1v) is 9.10. The molecule has 128 valence electrons. The molecule has 1 fully saturated rings. The van der Waals surface area contributed by atoms with Gasteiger partial charge in [-0.2, -0.15) is 0 Å². The molecule has 1 aromatic rings. The zero-order valence-electron chi connectivity index (χ0n) is 13.9. The van der Waals surface area contributed by atoms with E-state index in [9.17, 15) is 4.79 Å². The van der Waals surface area contributed by atoms with Crippen LogP contribution in [0.5, 0.6) is 5.75 Å². The number of piperidine rings is 1. The fourth-order valence-electron chi connectivity index (χ4n) is 3.26. The standard InChI is InChI=1S/C18H26BrNO3/c1-13-10-16(5-6-17(13)19)23-9-3-4-15-7-8-20(12-18(21)22)14(2)11-15/h5-6,10,14-15H,3-4,7-9,11-12H2,1-2H3,(H,21,22)/t14-,15+/m1/s1. The van der Waals surface area contributed by atoms with Crippen LogP contribution >= 0.6 is 15.9 Å². The molecule has 4 nitrogen and oxygen atoms in total. The van der Waals surface area contributed by atoms with E-state index in [0.29, 0.717) is 12.0 Å². The number of carbonyl (C=O) groups is 1. The highest BCUT2D eigenvalue weighted by Crippen LogP contribution is 2.27. The second-order valence-electron chi connectivity index (χ2n) is 6.51. The van der Waals surface area contributed by atoms with Crippen LogP contribution in [0, 0.1) is 12.8 Å². The van der Waals surface area contributed by atoms with Crippen molar-refractivity contribution in [3.05, 3.63) is 28.2 Å². The summed E-state index contributed by atoms with van der Waals surface area (Å²) in [7, 11) is 0. The van der Waals surface area contributed by atoms with Crippen LogP contribution in [0.25, 0.3) is 0 Å². The molecule has 0 aliphatic carbocycles. The Morgan fingerprint density at radius 2 is 2.26 bits per heavy atom. The quantitative estimate of drug-likeness (QED) is 0.719. The average Bonchev–Trinajstić information content (AvgIpc) is 2.49. The number of aliphatic carboxylic acids is 1. The summed E-state index contributed by atoms with van der Waals surface area (Å²) in [5.41, 5.74) is 1.18.